The molecule has 0 aliphatic carbocycles. The van der Waals surface area contributed by atoms with E-state index in [-0.39, 0.29) is 5.12 Å². The second kappa shape index (κ2) is 8.12. The zero-order valence-electron chi connectivity index (χ0n) is 13.1. The molecule has 0 bridgehead atoms. The van der Waals surface area contributed by atoms with E-state index >= 15 is 0 Å². The molecular weight excluding hydrogens is 334 g/mol. The predicted molar refractivity (Wildman–Crippen MR) is 96.8 cm³/mol. The van der Waals surface area contributed by atoms with Gasteiger partial charge in [-0.25, -0.2) is 4.99 Å². The van der Waals surface area contributed by atoms with Gasteiger partial charge in [-0.05, 0) is 30.0 Å². The van der Waals surface area contributed by atoms with Crippen molar-refractivity contribution in [2.45, 2.75) is 0 Å². The maximum atomic E-state index is 12.1. The number of rotatable bonds is 6. The fourth-order valence-electron chi connectivity index (χ4n) is 1.97. The molecule has 122 valence electrons. The summed E-state index contributed by atoms with van der Waals surface area (Å²) in [6.07, 6.45) is 3.47. The second-order valence-electron chi connectivity index (χ2n) is 4.32. The standard InChI is InChI=1S/C16H17NO4S2/c1-5-8-22-16-17-11(15(18)23-16)9-10-6-7-12(19-2)14(21-4)13(10)20-3/h5-7,9H,1,8H2,2-4H3/b11-9+. The first-order valence-electron chi connectivity index (χ1n) is 6.69. The zero-order valence-corrected chi connectivity index (χ0v) is 14.8. The van der Waals surface area contributed by atoms with Gasteiger partial charge in [-0.2, -0.15) is 0 Å². The number of carbonyl (C=O) groups is 1. The molecule has 0 fully saturated rings. The van der Waals surface area contributed by atoms with E-state index in [1.165, 1.54) is 18.9 Å². The van der Waals surface area contributed by atoms with Crippen molar-refractivity contribution in [2.24, 2.45) is 4.99 Å². The molecular formula is C16H17NO4S2. The largest absolute Gasteiger partial charge is 0.493 e. The maximum absolute atomic E-state index is 12.1. The van der Waals surface area contributed by atoms with Gasteiger partial charge >= 0.3 is 0 Å². The lowest BCUT2D eigenvalue weighted by atomic mass is 10.1. The van der Waals surface area contributed by atoms with Crippen LogP contribution in [0.5, 0.6) is 17.2 Å². The van der Waals surface area contributed by atoms with Crippen LogP contribution < -0.4 is 14.2 Å². The van der Waals surface area contributed by atoms with Gasteiger partial charge in [0.25, 0.3) is 0 Å². The summed E-state index contributed by atoms with van der Waals surface area (Å²) in [5.74, 6) is 2.25. The van der Waals surface area contributed by atoms with Crippen molar-refractivity contribution in [3.8, 4) is 17.2 Å². The minimum atomic E-state index is -0.0894. The van der Waals surface area contributed by atoms with E-state index in [2.05, 4.69) is 11.6 Å². The van der Waals surface area contributed by atoms with Gasteiger partial charge in [0, 0.05) is 11.3 Å². The molecule has 0 radical (unpaired) electrons. The average Bonchev–Trinajstić information content (AvgIpc) is 2.92. The molecule has 2 rings (SSSR count). The molecule has 0 atom stereocenters. The van der Waals surface area contributed by atoms with Crippen molar-refractivity contribution in [3.63, 3.8) is 0 Å². The summed E-state index contributed by atoms with van der Waals surface area (Å²) in [6, 6.07) is 3.56. The number of aliphatic imine (C=N–C) groups is 1. The van der Waals surface area contributed by atoms with Crippen LogP contribution >= 0.6 is 23.5 Å². The molecule has 0 saturated heterocycles. The lowest BCUT2D eigenvalue weighted by molar-refractivity contribution is -0.107. The average molecular weight is 351 g/mol. The molecule has 0 amide bonds. The first kappa shape index (κ1) is 17.5. The van der Waals surface area contributed by atoms with Gasteiger partial charge in [0.15, 0.2) is 11.5 Å². The number of nitrogens with zero attached hydrogens (tertiary/aromatic N) is 1. The summed E-state index contributed by atoms with van der Waals surface area (Å²) in [6.45, 7) is 3.66. The number of hydrogen-bond donors (Lipinski definition) is 0. The van der Waals surface area contributed by atoms with Crippen LogP contribution in [-0.2, 0) is 4.79 Å². The van der Waals surface area contributed by atoms with Crippen LogP contribution in [0.15, 0.2) is 35.5 Å². The van der Waals surface area contributed by atoms with E-state index < -0.39 is 0 Å². The number of thioether (sulfide) groups is 2. The van der Waals surface area contributed by atoms with E-state index in [1.807, 2.05) is 0 Å². The van der Waals surface area contributed by atoms with Crippen molar-refractivity contribution in [1.82, 2.24) is 0 Å². The van der Waals surface area contributed by atoms with Crippen molar-refractivity contribution >= 4 is 39.1 Å². The first-order chi connectivity index (χ1) is 11.1. The predicted octanol–water partition coefficient (Wildman–Crippen LogP) is 3.60. The lowest BCUT2D eigenvalue weighted by Gasteiger charge is -2.14. The van der Waals surface area contributed by atoms with E-state index in [9.17, 15) is 4.79 Å². The van der Waals surface area contributed by atoms with Crippen LogP contribution in [0.25, 0.3) is 6.08 Å². The summed E-state index contributed by atoms with van der Waals surface area (Å²) >= 11 is 2.61. The highest BCUT2D eigenvalue weighted by Crippen LogP contribution is 2.41. The molecule has 0 aromatic heterocycles. The summed E-state index contributed by atoms with van der Waals surface area (Å²) in [7, 11) is 4.63. The third-order valence-electron chi connectivity index (χ3n) is 2.95. The van der Waals surface area contributed by atoms with E-state index in [0.29, 0.717) is 34.3 Å². The minimum absolute atomic E-state index is 0.0894. The van der Waals surface area contributed by atoms with Gasteiger partial charge < -0.3 is 14.2 Å². The van der Waals surface area contributed by atoms with Crippen LogP contribution in [0.2, 0.25) is 0 Å². The molecule has 1 heterocycles. The number of carbonyl (C=O) groups excluding carboxylic acids is 1. The van der Waals surface area contributed by atoms with Crippen LogP contribution in [-0.4, -0.2) is 36.6 Å². The van der Waals surface area contributed by atoms with Crippen molar-refractivity contribution in [1.29, 1.82) is 0 Å². The van der Waals surface area contributed by atoms with E-state index in [0.717, 1.165) is 16.1 Å². The molecule has 0 saturated carbocycles. The quantitative estimate of drug-likeness (QED) is 0.576. The Balaban J connectivity index is 2.40. The smallest absolute Gasteiger partial charge is 0.244 e. The summed E-state index contributed by atoms with van der Waals surface area (Å²) in [4.78, 5) is 16.4. The lowest BCUT2D eigenvalue weighted by Crippen LogP contribution is -1.97. The summed E-state index contributed by atoms with van der Waals surface area (Å²) in [5, 5.41) is -0.0894. The molecule has 7 heteroatoms. The Bertz CT molecular complexity index is 683. The number of methoxy groups -OCH3 is 3. The molecule has 1 aromatic rings. The van der Waals surface area contributed by atoms with Gasteiger partial charge in [0.2, 0.25) is 10.9 Å². The van der Waals surface area contributed by atoms with Crippen molar-refractivity contribution < 1.29 is 19.0 Å². The Hall–Kier alpha value is -1.86. The van der Waals surface area contributed by atoms with Crippen LogP contribution in [0, 0.1) is 0 Å². The highest BCUT2D eigenvalue weighted by atomic mass is 32.2. The molecule has 1 aliphatic heterocycles. The van der Waals surface area contributed by atoms with Crippen LogP contribution in [0.1, 0.15) is 5.56 Å². The van der Waals surface area contributed by atoms with Crippen molar-refractivity contribution in [3.05, 3.63) is 36.0 Å². The molecule has 1 aromatic carbocycles. The SMILES string of the molecule is C=CCSC1=N/C(=C/c2ccc(OC)c(OC)c2OC)C(=O)S1. The highest BCUT2D eigenvalue weighted by molar-refractivity contribution is 8.45. The van der Waals surface area contributed by atoms with Crippen LogP contribution in [0.3, 0.4) is 0 Å². The van der Waals surface area contributed by atoms with Gasteiger partial charge in [0.05, 0.1) is 21.3 Å². The monoisotopic (exact) mass is 351 g/mol. The first-order valence-corrected chi connectivity index (χ1v) is 8.50. The van der Waals surface area contributed by atoms with Gasteiger partial charge in [0.1, 0.15) is 10.1 Å². The maximum Gasteiger partial charge on any atom is 0.244 e. The fourth-order valence-corrected chi connectivity index (χ4v) is 3.57. The number of benzene rings is 1. The third kappa shape index (κ3) is 3.92. The van der Waals surface area contributed by atoms with Gasteiger partial charge in [-0.1, -0.05) is 17.8 Å². The topological polar surface area (TPSA) is 57.1 Å². The fraction of sp³-hybridized carbons (Fsp3) is 0.250. The number of ether oxygens (including phenoxy) is 3. The Morgan fingerprint density at radius 1 is 1.22 bits per heavy atom. The molecule has 1 aliphatic rings. The summed E-state index contributed by atoms with van der Waals surface area (Å²) in [5.41, 5.74) is 1.08. The second-order valence-corrected chi connectivity index (χ2v) is 6.55. The Morgan fingerprint density at radius 3 is 2.57 bits per heavy atom. The molecule has 0 spiro atoms. The van der Waals surface area contributed by atoms with E-state index in [1.54, 1.807) is 38.5 Å². The van der Waals surface area contributed by atoms with Gasteiger partial charge in [-0.3, -0.25) is 4.79 Å². The Kier molecular flexibility index (Phi) is 6.18. The van der Waals surface area contributed by atoms with Crippen LogP contribution in [0.4, 0.5) is 0 Å². The molecule has 0 N–H and O–H groups in total. The normalized spacial score (nSPS) is 15.5. The Labute approximate surface area is 143 Å². The third-order valence-corrected chi connectivity index (χ3v) is 4.96. The highest BCUT2D eigenvalue weighted by Gasteiger charge is 2.23. The number of hydrogen-bond acceptors (Lipinski definition) is 7. The molecule has 5 nitrogen and oxygen atoms in total. The minimum Gasteiger partial charge on any atom is -0.493 e. The zero-order chi connectivity index (χ0) is 16.8. The summed E-state index contributed by atoms with van der Waals surface area (Å²) < 4.78 is 16.7. The molecule has 0 unspecified atom stereocenters. The van der Waals surface area contributed by atoms with E-state index in [4.69, 9.17) is 14.2 Å². The van der Waals surface area contributed by atoms with Crippen molar-refractivity contribution in [2.75, 3.05) is 27.1 Å². The molecule has 23 heavy (non-hydrogen) atoms. The Morgan fingerprint density at radius 2 is 1.96 bits per heavy atom. The van der Waals surface area contributed by atoms with Gasteiger partial charge in [-0.15, -0.1) is 6.58 Å².